The van der Waals surface area contributed by atoms with Crippen LogP contribution in [0.3, 0.4) is 0 Å². The van der Waals surface area contributed by atoms with E-state index in [0.29, 0.717) is 3.42 Å². The summed E-state index contributed by atoms with van der Waals surface area (Å²) in [5.41, 5.74) is 0. The SMILES string of the molecule is CCC(C)(I)CC.[H-].[H-].[Mg+2]. The molecule has 0 rings (SSSR count). The maximum atomic E-state index is 2.50. The smallest absolute Gasteiger partial charge is 1.00 e. The molecular formula is C6H15IMg. The molecule has 0 amide bonds. The molecule has 0 aromatic carbocycles. The molecule has 0 aliphatic rings. The average Bonchev–Trinajstić information content (AvgIpc) is 1.68. The number of rotatable bonds is 2. The van der Waals surface area contributed by atoms with Gasteiger partial charge in [0.15, 0.2) is 0 Å². The Kier molecular flexibility index (Phi) is 8.07. The summed E-state index contributed by atoms with van der Waals surface area (Å²) >= 11 is 2.50. The summed E-state index contributed by atoms with van der Waals surface area (Å²) in [6, 6.07) is 0. The maximum absolute atomic E-state index is 2.50. The zero-order valence-corrected chi connectivity index (χ0v) is 9.57. The van der Waals surface area contributed by atoms with Crippen molar-refractivity contribution in [2.45, 2.75) is 37.0 Å². The Bertz CT molecular complexity index is 53.7. The maximum Gasteiger partial charge on any atom is 2.00 e. The van der Waals surface area contributed by atoms with E-state index in [-0.39, 0.29) is 25.9 Å². The van der Waals surface area contributed by atoms with E-state index in [1.165, 1.54) is 12.8 Å². The molecule has 0 aromatic rings. The molecular weight excluding hydrogens is 223 g/mol. The molecule has 0 heterocycles. The van der Waals surface area contributed by atoms with Gasteiger partial charge in [-0.2, -0.15) is 0 Å². The molecule has 0 N–H and O–H groups in total. The van der Waals surface area contributed by atoms with Gasteiger partial charge in [-0.25, -0.2) is 0 Å². The van der Waals surface area contributed by atoms with E-state index in [1.807, 2.05) is 0 Å². The van der Waals surface area contributed by atoms with Crippen molar-refractivity contribution in [1.29, 1.82) is 0 Å². The molecule has 2 heteroatoms. The van der Waals surface area contributed by atoms with Crippen molar-refractivity contribution in [1.82, 2.24) is 0 Å². The van der Waals surface area contributed by atoms with Crippen molar-refractivity contribution in [3.05, 3.63) is 0 Å². The van der Waals surface area contributed by atoms with Gasteiger partial charge in [-0.15, -0.1) is 0 Å². The summed E-state index contributed by atoms with van der Waals surface area (Å²) in [7, 11) is 0. The van der Waals surface area contributed by atoms with Crippen molar-refractivity contribution in [2.24, 2.45) is 0 Å². The second kappa shape index (κ2) is 5.29. The van der Waals surface area contributed by atoms with Gasteiger partial charge in [0.05, 0.1) is 0 Å². The topological polar surface area (TPSA) is 0 Å². The third-order valence-corrected chi connectivity index (χ3v) is 3.00. The van der Waals surface area contributed by atoms with Crippen LogP contribution in [0.4, 0.5) is 0 Å². The summed E-state index contributed by atoms with van der Waals surface area (Å²) < 4.78 is 0.553. The minimum Gasteiger partial charge on any atom is -1.00 e. The first-order valence-electron chi connectivity index (χ1n) is 2.81. The summed E-state index contributed by atoms with van der Waals surface area (Å²) in [6.07, 6.45) is 2.56. The van der Waals surface area contributed by atoms with Gasteiger partial charge in [0, 0.05) is 3.42 Å². The molecule has 0 bridgehead atoms. The van der Waals surface area contributed by atoms with Crippen LogP contribution in [0, 0.1) is 0 Å². The number of hydrogen-bond acceptors (Lipinski definition) is 0. The first-order valence-corrected chi connectivity index (χ1v) is 3.89. The van der Waals surface area contributed by atoms with Gasteiger partial charge in [0.1, 0.15) is 0 Å². The Labute approximate surface area is 85.1 Å². The summed E-state index contributed by atoms with van der Waals surface area (Å²) in [5, 5.41) is 0. The number of alkyl halides is 1. The Morgan fingerprint density at radius 1 is 1.38 bits per heavy atom. The molecule has 0 fully saturated rings. The van der Waals surface area contributed by atoms with E-state index in [2.05, 4.69) is 43.4 Å². The normalized spacial score (nSPS) is 10.5. The Morgan fingerprint density at radius 3 is 1.62 bits per heavy atom. The van der Waals surface area contributed by atoms with Crippen LogP contribution in [0.15, 0.2) is 0 Å². The van der Waals surface area contributed by atoms with Crippen molar-refractivity contribution in [2.75, 3.05) is 0 Å². The molecule has 0 aliphatic carbocycles. The third-order valence-electron chi connectivity index (χ3n) is 1.47. The monoisotopic (exact) mass is 238 g/mol. The van der Waals surface area contributed by atoms with Crippen LogP contribution >= 0.6 is 22.6 Å². The molecule has 0 spiro atoms. The quantitative estimate of drug-likeness (QED) is 0.394. The molecule has 0 saturated heterocycles. The van der Waals surface area contributed by atoms with Gasteiger partial charge in [0.2, 0.25) is 0 Å². The Balaban J connectivity index is -0.0000000600. The van der Waals surface area contributed by atoms with Gasteiger partial charge >= 0.3 is 23.1 Å². The molecule has 0 aromatic heterocycles. The zero-order chi connectivity index (χ0) is 5.91. The van der Waals surface area contributed by atoms with Gasteiger partial charge in [-0.3, -0.25) is 0 Å². The zero-order valence-electron chi connectivity index (χ0n) is 8.00. The number of hydrogen-bond donors (Lipinski definition) is 0. The molecule has 8 heavy (non-hydrogen) atoms. The van der Waals surface area contributed by atoms with E-state index >= 15 is 0 Å². The van der Waals surface area contributed by atoms with Crippen LogP contribution in [0.5, 0.6) is 0 Å². The van der Waals surface area contributed by atoms with E-state index in [9.17, 15) is 0 Å². The fourth-order valence-electron chi connectivity index (χ4n) is 0.250. The van der Waals surface area contributed by atoms with Crippen LogP contribution in [0.25, 0.3) is 0 Å². The fraction of sp³-hybridized carbons (Fsp3) is 1.00. The van der Waals surface area contributed by atoms with E-state index in [0.717, 1.165) is 0 Å². The molecule has 0 unspecified atom stereocenters. The molecule has 48 valence electrons. The van der Waals surface area contributed by atoms with Crippen LogP contribution in [-0.2, 0) is 0 Å². The van der Waals surface area contributed by atoms with E-state index < -0.39 is 0 Å². The predicted octanol–water partition coefficient (Wildman–Crippen LogP) is 2.84. The standard InChI is InChI=1S/C6H13I.Mg.2H/c1-4-6(3,7)5-2;;;/h4-5H2,1-3H3;;;/q;+2;2*-1. The minimum atomic E-state index is 0. The Hall–Kier alpha value is 1.50. The number of halogens is 1. The van der Waals surface area contributed by atoms with Crippen molar-refractivity contribution >= 4 is 45.6 Å². The van der Waals surface area contributed by atoms with Crippen LogP contribution in [0.1, 0.15) is 36.5 Å². The largest absolute Gasteiger partial charge is 2.00 e. The van der Waals surface area contributed by atoms with Crippen molar-refractivity contribution in [3.63, 3.8) is 0 Å². The first-order chi connectivity index (χ1) is 3.12. The summed E-state index contributed by atoms with van der Waals surface area (Å²) in [6.45, 7) is 6.75. The predicted molar refractivity (Wildman–Crippen MR) is 51.0 cm³/mol. The fourth-order valence-corrected chi connectivity index (χ4v) is 0.250. The molecule has 0 aliphatic heterocycles. The average molecular weight is 238 g/mol. The van der Waals surface area contributed by atoms with Gasteiger partial charge < -0.3 is 2.85 Å². The van der Waals surface area contributed by atoms with Crippen molar-refractivity contribution in [3.8, 4) is 0 Å². The van der Waals surface area contributed by atoms with E-state index in [1.54, 1.807) is 0 Å². The molecule has 0 nitrogen and oxygen atoms in total. The van der Waals surface area contributed by atoms with Gasteiger partial charge in [-0.1, -0.05) is 43.4 Å². The second-order valence-corrected chi connectivity index (χ2v) is 4.72. The minimum absolute atomic E-state index is 0. The first kappa shape index (κ1) is 12.2. The van der Waals surface area contributed by atoms with E-state index in [4.69, 9.17) is 0 Å². The second-order valence-electron chi connectivity index (χ2n) is 2.12. The van der Waals surface area contributed by atoms with Gasteiger partial charge in [-0.05, 0) is 12.8 Å². The molecule has 0 radical (unpaired) electrons. The van der Waals surface area contributed by atoms with Crippen LogP contribution in [-0.4, -0.2) is 26.5 Å². The van der Waals surface area contributed by atoms with Crippen molar-refractivity contribution < 1.29 is 2.85 Å². The van der Waals surface area contributed by atoms with Crippen LogP contribution < -0.4 is 0 Å². The molecule has 0 saturated carbocycles. The Morgan fingerprint density at radius 2 is 1.62 bits per heavy atom. The third kappa shape index (κ3) is 5.63. The van der Waals surface area contributed by atoms with Gasteiger partial charge in [0.25, 0.3) is 0 Å². The van der Waals surface area contributed by atoms with Crippen LogP contribution in [0.2, 0.25) is 0 Å². The summed E-state index contributed by atoms with van der Waals surface area (Å²) in [4.78, 5) is 0. The summed E-state index contributed by atoms with van der Waals surface area (Å²) in [5.74, 6) is 0. The molecule has 0 atom stereocenters.